The summed E-state index contributed by atoms with van der Waals surface area (Å²) in [6.45, 7) is 2.03. The second kappa shape index (κ2) is 7.41. The third-order valence-electron chi connectivity index (χ3n) is 5.19. The smallest absolute Gasteiger partial charge is 0.228 e. The van der Waals surface area contributed by atoms with Crippen LogP contribution in [-0.4, -0.2) is 52.2 Å². The van der Waals surface area contributed by atoms with E-state index in [4.69, 9.17) is 9.47 Å². The van der Waals surface area contributed by atoms with Crippen molar-refractivity contribution < 1.29 is 14.3 Å². The largest absolute Gasteiger partial charge is 0.472 e. The molecule has 0 aromatic carbocycles. The molecular formula is C20H23N3O3. The van der Waals surface area contributed by atoms with Crippen molar-refractivity contribution in [3.63, 3.8) is 0 Å². The number of rotatable bonds is 4. The molecule has 2 aromatic heterocycles. The van der Waals surface area contributed by atoms with E-state index >= 15 is 0 Å². The molecule has 0 aliphatic carbocycles. The van der Waals surface area contributed by atoms with Gasteiger partial charge in [0.25, 0.3) is 0 Å². The molecule has 6 nitrogen and oxygen atoms in total. The molecule has 26 heavy (non-hydrogen) atoms. The maximum Gasteiger partial charge on any atom is 0.228 e. The summed E-state index contributed by atoms with van der Waals surface area (Å²) in [6.07, 6.45) is 6.40. The summed E-state index contributed by atoms with van der Waals surface area (Å²) in [5.41, 5.74) is 0.653. The van der Waals surface area contributed by atoms with Gasteiger partial charge in [0.2, 0.25) is 11.8 Å². The molecule has 4 heterocycles. The Bertz CT molecular complexity index is 730. The van der Waals surface area contributed by atoms with E-state index in [0.29, 0.717) is 18.9 Å². The summed E-state index contributed by atoms with van der Waals surface area (Å²) >= 11 is 0. The number of nitrogens with zero attached hydrogens (tertiary/aromatic N) is 3. The highest BCUT2D eigenvalue weighted by molar-refractivity contribution is 5.78. The van der Waals surface area contributed by atoms with Gasteiger partial charge < -0.3 is 14.4 Å². The van der Waals surface area contributed by atoms with Crippen molar-refractivity contribution in [3.05, 3.63) is 54.5 Å². The topological polar surface area (TPSA) is 64.6 Å². The number of ether oxygens (including phenoxy) is 2. The molecule has 2 aliphatic rings. The molecule has 0 bridgehead atoms. The predicted octanol–water partition coefficient (Wildman–Crippen LogP) is 2.25. The van der Waals surface area contributed by atoms with Gasteiger partial charge in [-0.2, -0.15) is 0 Å². The van der Waals surface area contributed by atoms with Crippen molar-refractivity contribution in [1.82, 2.24) is 14.9 Å². The molecule has 1 spiro atoms. The van der Waals surface area contributed by atoms with Crippen molar-refractivity contribution >= 4 is 5.91 Å². The molecule has 0 radical (unpaired) electrons. The Morgan fingerprint density at radius 3 is 2.62 bits per heavy atom. The highest BCUT2D eigenvalue weighted by Gasteiger charge is 2.44. The van der Waals surface area contributed by atoms with Crippen LogP contribution in [0.1, 0.15) is 25.0 Å². The van der Waals surface area contributed by atoms with Gasteiger partial charge in [-0.25, -0.2) is 4.98 Å². The minimum absolute atomic E-state index is 0.0284. The van der Waals surface area contributed by atoms with Gasteiger partial charge in [-0.3, -0.25) is 9.78 Å². The third kappa shape index (κ3) is 3.85. The molecular weight excluding hydrogens is 330 g/mol. The van der Waals surface area contributed by atoms with Gasteiger partial charge in [0.1, 0.15) is 6.10 Å². The molecule has 4 rings (SSSR count). The molecule has 6 heteroatoms. The Balaban J connectivity index is 1.29. The minimum Gasteiger partial charge on any atom is -0.472 e. The van der Waals surface area contributed by atoms with Gasteiger partial charge in [-0.05, 0) is 31.0 Å². The summed E-state index contributed by atoms with van der Waals surface area (Å²) in [5, 5.41) is 0. The zero-order valence-electron chi connectivity index (χ0n) is 14.7. The SMILES string of the molecule is O=C(Cc1ccccn1)N1CCC2(CC1)C[C@H](Oc1ccccn1)CO2. The van der Waals surface area contributed by atoms with Gasteiger partial charge in [0.15, 0.2) is 0 Å². The molecule has 0 unspecified atom stereocenters. The molecule has 1 atom stereocenters. The molecule has 2 aromatic rings. The molecule has 2 fully saturated rings. The fourth-order valence-corrected chi connectivity index (χ4v) is 3.75. The lowest BCUT2D eigenvalue weighted by Crippen LogP contribution is -2.47. The van der Waals surface area contributed by atoms with Crippen LogP contribution in [0.3, 0.4) is 0 Å². The van der Waals surface area contributed by atoms with Crippen molar-refractivity contribution in [3.8, 4) is 5.88 Å². The normalized spacial score (nSPS) is 21.7. The predicted molar refractivity (Wildman–Crippen MR) is 95.7 cm³/mol. The van der Waals surface area contributed by atoms with Crippen molar-refractivity contribution in [2.75, 3.05) is 19.7 Å². The van der Waals surface area contributed by atoms with Crippen LogP contribution in [-0.2, 0) is 16.0 Å². The third-order valence-corrected chi connectivity index (χ3v) is 5.19. The summed E-state index contributed by atoms with van der Waals surface area (Å²) in [4.78, 5) is 22.9. The standard InChI is InChI=1S/C20H23N3O3/c24-19(13-16-5-1-3-9-21-16)23-11-7-20(8-12-23)14-17(15-25-20)26-18-6-2-4-10-22-18/h1-6,9-10,17H,7-8,11-15H2/t17-/m0/s1. The quantitative estimate of drug-likeness (QED) is 0.843. The zero-order valence-corrected chi connectivity index (χ0v) is 14.7. The first-order chi connectivity index (χ1) is 12.7. The number of hydrogen-bond acceptors (Lipinski definition) is 5. The number of carbonyl (C=O) groups excluding carboxylic acids is 1. The Morgan fingerprint density at radius 1 is 1.15 bits per heavy atom. The van der Waals surface area contributed by atoms with E-state index in [1.807, 2.05) is 41.3 Å². The van der Waals surface area contributed by atoms with Gasteiger partial charge in [0, 0.05) is 43.7 Å². The van der Waals surface area contributed by atoms with E-state index in [-0.39, 0.29) is 17.6 Å². The second-order valence-corrected chi connectivity index (χ2v) is 6.98. The lowest BCUT2D eigenvalue weighted by Gasteiger charge is -2.38. The summed E-state index contributed by atoms with van der Waals surface area (Å²) in [7, 11) is 0. The van der Waals surface area contributed by atoms with E-state index in [2.05, 4.69) is 9.97 Å². The Hall–Kier alpha value is -2.47. The lowest BCUT2D eigenvalue weighted by molar-refractivity contribution is -0.135. The summed E-state index contributed by atoms with van der Waals surface area (Å²) < 4.78 is 12.0. The van der Waals surface area contributed by atoms with E-state index in [1.165, 1.54) is 0 Å². The van der Waals surface area contributed by atoms with Crippen LogP contribution in [0.25, 0.3) is 0 Å². The minimum atomic E-state index is -0.165. The van der Waals surface area contributed by atoms with E-state index in [9.17, 15) is 4.79 Å². The highest BCUT2D eigenvalue weighted by atomic mass is 16.6. The summed E-state index contributed by atoms with van der Waals surface area (Å²) in [6, 6.07) is 11.3. The van der Waals surface area contributed by atoms with E-state index in [0.717, 1.165) is 38.0 Å². The molecule has 2 aliphatic heterocycles. The van der Waals surface area contributed by atoms with Gasteiger partial charge >= 0.3 is 0 Å². The van der Waals surface area contributed by atoms with Crippen LogP contribution in [0.2, 0.25) is 0 Å². The Morgan fingerprint density at radius 2 is 1.92 bits per heavy atom. The number of pyridine rings is 2. The fourth-order valence-electron chi connectivity index (χ4n) is 3.75. The maximum absolute atomic E-state index is 12.5. The van der Waals surface area contributed by atoms with Crippen molar-refractivity contribution in [1.29, 1.82) is 0 Å². The van der Waals surface area contributed by atoms with Crippen LogP contribution in [0.15, 0.2) is 48.8 Å². The number of piperidine rings is 1. The molecule has 0 N–H and O–H groups in total. The van der Waals surface area contributed by atoms with Crippen LogP contribution in [0.5, 0.6) is 5.88 Å². The molecule has 0 saturated carbocycles. The zero-order chi connectivity index (χ0) is 17.8. The van der Waals surface area contributed by atoms with E-state index in [1.54, 1.807) is 12.4 Å². The number of likely N-dealkylation sites (tertiary alicyclic amines) is 1. The first kappa shape index (κ1) is 17.0. The fraction of sp³-hybridized carbons (Fsp3) is 0.450. The van der Waals surface area contributed by atoms with Crippen molar-refractivity contribution in [2.45, 2.75) is 37.4 Å². The monoisotopic (exact) mass is 353 g/mol. The number of amides is 1. The summed E-state index contributed by atoms with van der Waals surface area (Å²) in [5.74, 6) is 0.777. The van der Waals surface area contributed by atoms with Crippen LogP contribution < -0.4 is 4.74 Å². The maximum atomic E-state index is 12.5. The van der Waals surface area contributed by atoms with Crippen LogP contribution in [0, 0.1) is 0 Å². The Labute approximate surface area is 153 Å². The first-order valence-corrected chi connectivity index (χ1v) is 9.12. The molecule has 136 valence electrons. The first-order valence-electron chi connectivity index (χ1n) is 9.12. The van der Waals surface area contributed by atoms with Crippen molar-refractivity contribution in [2.24, 2.45) is 0 Å². The number of hydrogen-bond donors (Lipinski definition) is 0. The second-order valence-electron chi connectivity index (χ2n) is 6.98. The highest BCUT2D eigenvalue weighted by Crippen LogP contribution is 2.37. The van der Waals surface area contributed by atoms with Crippen LogP contribution in [0.4, 0.5) is 0 Å². The number of carbonyl (C=O) groups is 1. The van der Waals surface area contributed by atoms with Gasteiger partial charge in [-0.1, -0.05) is 12.1 Å². The van der Waals surface area contributed by atoms with Crippen LogP contribution >= 0.6 is 0 Å². The average molecular weight is 353 g/mol. The lowest BCUT2D eigenvalue weighted by atomic mass is 9.88. The van der Waals surface area contributed by atoms with Gasteiger partial charge in [-0.15, -0.1) is 0 Å². The molecule has 1 amide bonds. The number of aromatic nitrogens is 2. The van der Waals surface area contributed by atoms with E-state index < -0.39 is 0 Å². The van der Waals surface area contributed by atoms with Gasteiger partial charge in [0.05, 0.1) is 18.6 Å². The average Bonchev–Trinajstić information content (AvgIpc) is 3.06. The Kier molecular flexibility index (Phi) is 4.84. The molecule has 2 saturated heterocycles.